The number of nitrogens with two attached hydrogens (primary N) is 1. The van der Waals surface area contributed by atoms with Gasteiger partial charge in [0.2, 0.25) is 16.0 Å². The summed E-state index contributed by atoms with van der Waals surface area (Å²) in [4.78, 5) is 28.7. The molecule has 0 saturated carbocycles. The minimum absolute atomic E-state index is 0.00189. The average molecular weight is 875 g/mol. The predicted molar refractivity (Wildman–Crippen MR) is 233 cm³/mol. The number of sulfonamides is 1. The molecule has 22 heteroatoms. The molecule has 6 aromatic rings. The lowest BCUT2D eigenvalue weighted by Gasteiger charge is -2.20. The lowest BCUT2D eigenvalue weighted by molar-refractivity contribution is -0.0328. The van der Waals surface area contributed by atoms with Crippen LogP contribution >= 0.6 is 0 Å². The van der Waals surface area contributed by atoms with Gasteiger partial charge >= 0.3 is 0 Å². The topological polar surface area (TPSA) is 267 Å². The largest absolute Gasteiger partial charge is 0.387 e. The van der Waals surface area contributed by atoms with Crippen LogP contribution in [0.3, 0.4) is 0 Å². The molecule has 2 aliphatic heterocycles. The zero-order chi connectivity index (χ0) is 43.5. The van der Waals surface area contributed by atoms with Gasteiger partial charge in [-0.05, 0) is 31.4 Å². The van der Waals surface area contributed by atoms with E-state index in [0.29, 0.717) is 78.4 Å². The van der Waals surface area contributed by atoms with Crippen LogP contribution in [0.5, 0.6) is 0 Å². The summed E-state index contributed by atoms with van der Waals surface area (Å²) >= 11 is 0. The highest BCUT2D eigenvalue weighted by Crippen LogP contribution is 2.36. The first kappa shape index (κ1) is 43.3. The van der Waals surface area contributed by atoms with Crippen LogP contribution in [0, 0.1) is 0 Å². The number of anilines is 4. The molecule has 2 fully saturated rings. The second-order valence-electron chi connectivity index (χ2n) is 15.6. The first-order valence-electron chi connectivity index (χ1n) is 20.7. The van der Waals surface area contributed by atoms with Crippen LogP contribution in [0.1, 0.15) is 45.1 Å². The molecule has 0 amide bonds. The number of benzene rings is 2. The molecular weight excluding hydrogens is 821 g/mol. The number of ether oxygens (including phenoxy) is 3. The summed E-state index contributed by atoms with van der Waals surface area (Å²) in [7, 11) is 1.75. The van der Waals surface area contributed by atoms with E-state index in [1.807, 2.05) is 47.8 Å². The Morgan fingerprint density at radius 1 is 0.887 bits per heavy atom. The van der Waals surface area contributed by atoms with E-state index in [4.69, 9.17) is 19.9 Å². The molecule has 62 heavy (non-hydrogen) atoms. The third-order valence-electron chi connectivity index (χ3n) is 11.4. The number of aromatic nitrogens is 8. The molecule has 0 radical (unpaired) electrons. The van der Waals surface area contributed by atoms with Crippen molar-refractivity contribution >= 4 is 66.4 Å². The van der Waals surface area contributed by atoms with Gasteiger partial charge in [0.05, 0.1) is 23.4 Å². The number of hydrogen-bond acceptors (Lipinski definition) is 18. The molecule has 0 bridgehead atoms. The molecule has 6 heterocycles. The Morgan fingerprint density at radius 2 is 1.66 bits per heavy atom. The highest BCUT2D eigenvalue weighted by atomic mass is 32.2. The van der Waals surface area contributed by atoms with E-state index in [-0.39, 0.29) is 42.2 Å². The summed E-state index contributed by atoms with van der Waals surface area (Å²) in [5.74, 6) is 1.02. The van der Waals surface area contributed by atoms with Gasteiger partial charge in [0.1, 0.15) is 37.2 Å². The minimum atomic E-state index is -3.79. The number of unbranched alkanes of at least 4 members (excludes halogenated alkanes) is 1. The van der Waals surface area contributed by atoms with Crippen molar-refractivity contribution < 1.29 is 32.8 Å². The highest BCUT2D eigenvalue weighted by Gasteiger charge is 2.45. The van der Waals surface area contributed by atoms with Gasteiger partial charge in [-0.25, -0.2) is 43.0 Å². The fourth-order valence-electron chi connectivity index (χ4n) is 8.21. The van der Waals surface area contributed by atoms with Gasteiger partial charge in [0.15, 0.2) is 40.2 Å². The van der Waals surface area contributed by atoms with Gasteiger partial charge in [0, 0.05) is 76.8 Å². The molecule has 7 atom stereocenters. The maximum atomic E-state index is 13.4. The Morgan fingerprint density at radius 3 is 2.45 bits per heavy atom. The van der Waals surface area contributed by atoms with Crippen LogP contribution in [-0.2, 0) is 24.2 Å². The van der Waals surface area contributed by atoms with Gasteiger partial charge in [-0.15, -0.1) is 0 Å². The molecule has 21 nitrogen and oxygen atoms in total. The number of nitrogens with zero attached hydrogens (tertiary/aromatic N) is 9. The Balaban J connectivity index is 0.850. The second kappa shape index (κ2) is 18.6. The molecule has 2 aliphatic rings. The van der Waals surface area contributed by atoms with Crippen LogP contribution in [0.15, 0.2) is 60.3 Å². The van der Waals surface area contributed by atoms with Crippen LogP contribution in [0.25, 0.3) is 33.1 Å². The number of hydrogen-bond donors (Lipinski definition) is 7. The summed E-state index contributed by atoms with van der Waals surface area (Å²) in [5.41, 5.74) is 8.99. The third-order valence-corrected chi connectivity index (χ3v) is 12.9. The smallest absolute Gasteiger partial charge is 0.241 e. The van der Waals surface area contributed by atoms with Gasteiger partial charge in [0.25, 0.3) is 0 Å². The maximum Gasteiger partial charge on any atom is 0.241 e. The van der Waals surface area contributed by atoms with Crippen LogP contribution in [0.4, 0.5) is 23.3 Å². The predicted octanol–water partition coefficient (Wildman–Crippen LogP) is 1.97. The second-order valence-corrected chi connectivity index (χ2v) is 17.3. The maximum absolute atomic E-state index is 13.4. The SMILES string of the molecule is CC[C@H]1O[C@@H](n2cnc3c(NCCNC[C@H]4O[C@@H](n5c(NCCCCNS(=O)(=O)c6cccc7c(N(C)C)cccc67)nc6c(N)ncnc65)[C@@H](O)C4O)ncnc32)C[C@@H]1OC. The number of fused-ring (bicyclic) bond motifs is 3. The molecule has 332 valence electrons. The van der Waals surface area contributed by atoms with E-state index in [2.05, 4.69) is 57.5 Å². The first-order chi connectivity index (χ1) is 30.0. The van der Waals surface area contributed by atoms with Crippen molar-refractivity contribution in [3.8, 4) is 0 Å². The fourth-order valence-corrected chi connectivity index (χ4v) is 9.51. The van der Waals surface area contributed by atoms with Crippen molar-refractivity contribution in [1.29, 1.82) is 0 Å². The number of imidazole rings is 2. The Labute approximate surface area is 358 Å². The summed E-state index contributed by atoms with van der Waals surface area (Å²) < 4.78 is 51.1. The molecule has 0 aliphatic carbocycles. The van der Waals surface area contributed by atoms with Gasteiger partial charge in [-0.1, -0.05) is 31.2 Å². The van der Waals surface area contributed by atoms with Gasteiger partial charge < -0.3 is 51.0 Å². The molecular formula is C40H54N14O7S. The Hall–Kier alpha value is -5.33. The van der Waals surface area contributed by atoms with Crippen molar-refractivity contribution in [3.63, 3.8) is 0 Å². The van der Waals surface area contributed by atoms with Crippen molar-refractivity contribution in [1.82, 2.24) is 49.1 Å². The summed E-state index contributed by atoms with van der Waals surface area (Å²) in [6.45, 7) is 3.84. The molecule has 8 rings (SSSR count). The van der Waals surface area contributed by atoms with E-state index in [0.717, 1.165) is 17.5 Å². The monoisotopic (exact) mass is 874 g/mol. The molecule has 8 N–H and O–H groups in total. The lowest BCUT2D eigenvalue weighted by Crippen LogP contribution is -2.39. The summed E-state index contributed by atoms with van der Waals surface area (Å²) in [5, 5.41) is 33.8. The van der Waals surface area contributed by atoms with Crippen LogP contribution < -0.4 is 31.3 Å². The Kier molecular flexibility index (Phi) is 13.0. The van der Waals surface area contributed by atoms with E-state index < -0.39 is 34.6 Å². The summed E-state index contributed by atoms with van der Waals surface area (Å²) in [6, 6.07) is 10.9. The fraction of sp³-hybridized carbons (Fsp3) is 0.500. The number of nitrogens with one attached hydrogen (secondary N) is 4. The molecule has 2 aromatic carbocycles. The van der Waals surface area contributed by atoms with Crippen molar-refractivity contribution in [2.75, 3.05) is 75.2 Å². The number of nitrogen functional groups attached to an aromatic ring is 1. The number of rotatable bonds is 19. The number of aliphatic hydroxyl groups excluding tert-OH is 2. The van der Waals surface area contributed by atoms with E-state index in [9.17, 15) is 18.6 Å². The standard InChI is InChI=1S/C40H54N14O7S/c1-5-26-27(59-4)18-30(60-26)53-22-49-32-36(46-21-47-37(32)53)43-17-16-42-19-28-33(55)34(56)39(61-28)54-38-31(35(41)45-20-48-38)51-40(54)44-14-6-7-15-50-62(57,58)29-13-9-10-23-24(29)11-8-12-25(23)52(2)3/h8-13,20-22,26-28,30,33-34,39,42,50,55-56H,5-7,14-19H2,1-4H3,(H,44,51)(H2,41,45,48)(H,43,46,47)/t26-,27+,28-,30-,33?,34+,39-/m1/s1. The Bertz CT molecular complexity index is 2600. The normalized spacial score (nSPS) is 22.9. The average Bonchev–Trinajstić information content (AvgIpc) is 4.05. The number of methoxy groups -OCH3 is 1. The van der Waals surface area contributed by atoms with Crippen LogP contribution in [0.2, 0.25) is 0 Å². The lowest BCUT2D eigenvalue weighted by atomic mass is 10.1. The first-order valence-corrected chi connectivity index (χ1v) is 22.2. The van der Waals surface area contributed by atoms with Crippen molar-refractivity contribution in [2.45, 2.75) is 80.5 Å². The molecule has 2 saturated heterocycles. The van der Waals surface area contributed by atoms with E-state index in [1.54, 1.807) is 30.1 Å². The molecule has 1 unspecified atom stereocenters. The van der Waals surface area contributed by atoms with Gasteiger partial charge in [-0.2, -0.15) is 0 Å². The zero-order valence-electron chi connectivity index (χ0n) is 35.0. The van der Waals surface area contributed by atoms with E-state index in [1.165, 1.54) is 12.7 Å². The van der Waals surface area contributed by atoms with E-state index >= 15 is 0 Å². The van der Waals surface area contributed by atoms with Gasteiger partial charge in [-0.3, -0.25) is 9.13 Å². The third kappa shape index (κ3) is 8.56. The van der Waals surface area contributed by atoms with Crippen molar-refractivity contribution in [3.05, 3.63) is 55.4 Å². The van der Waals surface area contributed by atoms with Crippen molar-refractivity contribution in [2.24, 2.45) is 0 Å². The highest BCUT2D eigenvalue weighted by molar-refractivity contribution is 7.89. The quantitative estimate of drug-likeness (QED) is 0.0574. The minimum Gasteiger partial charge on any atom is -0.387 e. The zero-order valence-corrected chi connectivity index (χ0v) is 35.9. The molecule has 4 aromatic heterocycles. The van der Waals surface area contributed by atoms with Crippen LogP contribution in [-0.4, -0.2) is 142 Å². The summed E-state index contributed by atoms with van der Waals surface area (Å²) in [6.07, 6.45) is 2.47. The number of aliphatic hydroxyl groups is 2. The molecule has 0 spiro atoms.